The van der Waals surface area contributed by atoms with Crippen LogP contribution in [0.3, 0.4) is 0 Å². The molecule has 84 valence electrons. The van der Waals surface area contributed by atoms with Crippen LogP contribution >= 0.6 is 11.6 Å². The van der Waals surface area contributed by atoms with E-state index in [4.69, 9.17) is 17.3 Å². The Morgan fingerprint density at radius 2 is 2.47 bits per heavy atom. The third kappa shape index (κ3) is 3.21. The molecule has 1 atom stereocenters. The van der Waals surface area contributed by atoms with Gasteiger partial charge in [0.05, 0.1) is 11.9 Å². The summed E-state index contributed by atoms with van der Waals surface area (Å²) in [6.07, 6.45) is 3.44. The molecule has 0 aliphatic rings. The molecule has 0 saturated carbocycles. The van der Waals surface area contributed by atoms with Crippen LogP contribution in [0.25, 0.3) is 0 Å². The van der Waals surface area contributed by atoms with Crippen molar-refractivity contribution in [3.05, 3.63) is 21.6 Å². The molecular weight excluding hydrogens is 216 g/mol. The second-order valence-electron chi connectivity index (χ2n) is 3.29. The molecule has 6 heteroatoms. The molecule has 1 unspecified atom stereocenters. The van der Waals surface area contributed by atoms with Gasteiger partial charge in [-0.15, -0.1) is 0 Å². The normalized spacial score (nSPS) is 12.5. The van der Waals surface area contributed by atoms with E-state index < -0.39 is 5.56 Å². The third-order valence-electron chi connectivity index (χ3n) is 2.08. The fourth-order valence-electron chi connectivity index (χ4n) is 1.30. The summed E-state index contributed by atoms with van der Waals surface area (Å²) in [5.41, 5.74) is 5.72. The quantitative estimate of drug-likeness (QED) is 0.704. The van der Waals surface area contributed by atoms with Crippen molar-refractivity contribution in [2.24, 2.45) is 5.73 Å². The van der Waals surface area contributed by atoms with Gasteiger partial charge in [-0.3, -0.25) is 4.79 Å². The number of H-pyrrole nitrogens is 1. The Labute approximate surface area is 93.0 Å². The van der Waals surface area contributed by atoms with Crippen LogP contribution in [0, 0.1) is 0 Å². The molecule has 1 aromatic rings. The lowest BCUT2D eigenvalue weighted by molar-refractivity contribution is 0.647. The molecule has 0 aliphatic carbocycles. The van der Waals surface area contributed by atoms with Crippen LogP contribution in [-0.4, -0.2) is 22.8 Å². The summed E-state index contributed by atoms with van der Waals surface area (Å²) in [6.45, 7) is 2.57. The van der Waals surface area contributed by atoms with E-state index in [9.17, 15) is 4.79 Å². The number of rotatable bonds is 5. The highest BCUT2D eigenvalue weighted by atomic mass is 35.5. The molecule has 0 spiro atoms. The minimum Gasteiger partial charge on any atom is -0.378 e. The van der Waals surface area contributed by atoms with E-state index in [0.29, 0.717) is 12.2 Å². The molecule has 0 fully saturated rings. The van der Waals surface area contributed by atoms with Crippen molar-refractivity contribution >= 4 is 17.3 Å². The van der Waals surface area contributed by atoms with Crippen molar-refractivity contribution in [3.8, 4) is 0 Å². The minimum atomic E-state index is -0.395. The van der Waals surface area contributed by atoms with Gasteiger partial charge in [0.15, 0.2) is 0 Å². The zero-order valence-corrected chi connectivity index (χ0v) is 9.34. The van der Waals surface area contributed by atoms with Gasteiger partial charge < -0.3 is 11.1 Å². The molecular formula is C9H15ClN4O. The maximum absolute atomic E-state index is 11.1. The van der Waals surface area contributed by atoms with Gasteiger partial charge in [0.2, 0.25) is 0 Å². The lowest BCUT2D eigenvalue weighted by Gasteiger charge is -2.17. The topological polar surface area (TPSA) is 83.8 Å². The number of hydrogen-bond donors (Lipinski definition) is 3. The third-order valence-corrected chi connectivity index (χ3v) is 2.45. The summed E-state index contributed by atoms with van der Waals surface area (Å²) in [4.78, 5) is 11.1. The number of aromatic nitrogens is 2. The number of nitrogens with two attached hydrogens (primary N) is 1. The standard InChI is InChI=1S/C9H15ClN4O/c1-2-3-6(4-11)13-7-5-12-14-9(15)8(7)10/h5-6H,2-4,11H2,1H3,(H2,13,14,15). The predicted octanol–water partition coefficient (Wildman–Crippen LogP) is 0.963. The average molecular weight is 231 g/mol. The van der Waals surface area contributed by atoms with Gasteiger partial charge in [-0.25, -0.2) is 5.10 Å². The fourth-order valence-corrected chi connectivity index (χ4v) is 1.45. The first-order chi connectivity index (χ1) is 7.19. The summed E-state index contributed by atoms with van der Waals surface area (Å²) in [6, 6.07) is 0.121. The molecule has 0 bridgehead atoms. The average Bonchev–Trinajstić information content (AvgIpc) is 2.24. The van der Waals surface area contributed by atoms with Crippen LogP contribution in [0.5, 0.6) is 0 Å². The zero-order valence-electron chi connectivity index (χ0n) is 8.59. The molecule has 0 saturated heterocycles. The maximum Gasteiger partial charge on any atom is 0.285 e. The van der Waals surface area contributed by atoms with Crippen LogP contribution in [0.15, 0.2) is 11.0 Å². The van der Waals surface area contributed by atoms with E-state index in [1.165, 1.54) is 6.20 Å². The van der Waals surface area contributed by atoms with Crippen molar-refractivity contribution < 1.29 is 0 Å². The SMILES string of the molecule is CCCC(CN)Nc1cn[nH]c(=O)c1Cl. The predicted molar refractivity (Wildman–Crippen MR) is 61.2 cm³/mol. The van der Waals surface area contributed by atoms with E-state index >= 15 is 0 Å². The van der Waals surface area contributed by atoms with Gasteiger partial charge in [0.1, 0.15) is 5.02 Å². The van der Waals surface area contributed by atoms with E-state index in [0.717, 1.165) is 12.8 Å². The number of hydrogen-bond acceptors (Lipinski definition) is 4. The Kier molecular flexibility index (Phi) is 4.58. The highest BCUT2D eigenvalue weighted by Crippen LogP contribution is 2.16. The number of anilines is 1. The van der Waals surface area contributed by atoms with Crippen LogP contribution < -0.4 is 16.6 Å². The molecule has 0 aromatic carbocycles. The number of halogens is 1. The molecule has 1 aromatic heterocycles. The molecule has 4 N–H and O–H groups in total. The number of aromatic amines is 1. The molecule has 1 rings (SSSR count). The zero-order chi connectivity index (χ0) is 11.3. The summed E-state index contributed by atoms with van der Waals surface area (Å²) < 4.78 is 0. The lowest BCUT2D eigenvalue weighted by atomic mass is 10.1. The summed E-state index contributed by atoms with van der Waals surface area (Å²) in [5.74, 6) is 0. The van der Waals surface area contributed by atoms with Gasteiger partial charge in [-0.2, -0.15) is 5.10 Å². The van der Waals surface area contributed by atoms with Crippen molar-refractivity contribution in [3.63, 3.8) is 0 Å². The first kappa shape index (κ1) is 12.0. The van der Waals surface area contributed by atoms with E-state index in [1.807, 2.05) is 0 Å². The lowest BCUT2D eigenvalue weighted by Crippen LogP contribution is -2.29. The highest BCUT2D eigenvalue weighted by Gasteiger charge is 2.09. The fraction of sp³-hybridized carbons (Fsp3) is 0.556. The van der Waals surface area contributed by atoms with Gasteiger partial charge in [0, 0.05) is 12.6 Å². The molecule has 0 amide bonds. The first-order valence-corrected chi connectivity index (χ1v) is 5.26. The van der Waals surface area contributed by atoms with Gasteiger partial charge in [0.25, 0.3) is 5.56 Å². The molecule has 0 aliphatic heterocycles. The maximum atomic E-state index is 11.1. The molecule has 1 heterocycles. The van der Waals surface area contributed by atoms with Gasteiger partial charge in [-0.1, -0.05) is 24.9 Å². The van der Waals surface area contributed by atoms with Crippen LogP contribution in [0.4, 0.5) is 5.69 Å². The Hall–Kier alpha value is -1.07. The second-order valence-corrected chi connectivity index (χ2v) is 3.67. The van der Waals surface area contributed by atoms with Crippen LogP contribution in [-0.2, 0) is 0 Å². The number of nitrogens with one attached hydrogen (secondary N) is 2. The van der Waals surface area contributed by atoms with E-state index in [2.05, 4.69) is 22.4 Å². The Bertz CT molecular complexity index is 365. The summed E-state index contributed by atoms with van der Waals surface area (Å²) in [7, 11) is 0. The monoisotopic (exact) mass is 230 g/mol. The Morgan fingerprint density at radius 1 is 1.73 bits per heavy atom. The number of nitrogens with zero attached hydrogens (tertiary/aromatic N) is 1. The van der Waals surface area contributed by atoms with Gasteiger partial charge in [-0.05, 0) is 6.42 Å². The van der Waals surface area contributed by atoms with E-state index in [1.54, 1.807) is 0 Å². The molecule has 0 radical (unpaired) electrons. The van der Waals surface area contributed by atoms with Crippen molar-refractivity contribution in [2.45, 2.75) is 25.8 Å². The van der Waals surface area contributed by atoms with Crippen molar-refractivity contribution in [1.82, 2.24) is 10.2 Å². The first-order valence-electron chi connectivity index (χ1n) is 4.88. The van der Waals surface area contributed by atoms with Crippen molar-refractivity contribution in [1.29, 1.82) is 0 Å². The molecule has 15 heavy (non-hydrogen) atoms. The second kappa shape index (κ2) is 5.72. The minimum absolute atomic E-state index is 0.121. The van der Waals surface area contributed by atoms with Gasteiger partial charge >= 0.3 is 0 Å². The summed E-state index contributed by atoms with van der Waals surface area (Å²) in [5, 5.41) is 9.15. The highest BCUT2D eigenvalue weighted by molar-refractivity contribution is 6.32. The van der Waals surface area contributed by atoms with Crippen LogP contribution in [0.1, 0.15) is 19.8 Å². The largest absolute Gasteiger partial charge is 0.378 e. The molecule has 5 nitrogen and oxygen atoms in total. The Balaban J connectivity index is 2.79. The van der Waals surface area contributed by atoms with E-state index in [-0.39, 0.29) is 11.1 Å². The summed E-state index contributed by atoms with van der Waals surface area (Å²) >= 11 is 5.81. The van der Waals surface area contributed by atoms with Crippen molar-refractivity contribution in [2.75, 3.05) is 11.9 Å². The Morgan fingerprint density at radius 3 is 3.07 bits per heavy atom. The van der Waals surface area contributed by atoms with Crippen LogP contribution in [0.2, 0.25) is 5.02 Å². The smallest absolute Gasteiger partial charge is 0.285 e.